The number of piperazine rings is 1. The number of carbonyl (C=O) groups excluding carboxylic acids is 1. The molecule has 1 aliphatic heterocycles. The molecule has 0 spiro atoms. The van der Waals surface area contributed by atoms with Crippen LogP contribution in [0.15, 0.2) is 29.1 Å². The van der Waals surface area contributed by atoms with Crippen LogP contribution >= 0.6 is 11.3 Å². The van der Waals surface area contributed by atoms with Crippen LogP contribution in [-0.4, -0.2) is 42.0 Å². The third-order valence-electron chi connectivity index (χ3n) is 3.79. The molecule has 2 aromatic rings. The molecule has 0 unspecified atom stereocenters. The summed E-state index contributed by atoms with van der Waals surface area (Å²) in [6, 6.07) is 3.78. The van der Waals surface area contributed by atoms with E-state index in [-0.39, 0.29) is 5.91 Å². The maximum Gasteiger partial charge on any atom is 0.255 e. The van der Waals surface area contributed by atoms with E-state index >= 15 is 0 Å². The topological polar surface area (TPSA) is 62.5 Å². The molecule has 1 fully saturated rings. The van der Waals surface area contributed by atoms with Crippen LogP contribution in [0.25, 0.3) is 0 Å². The Morgan fingerprint density at radius 1 is 1.24 bits per heavy atom. The van der Waals surface area contributed by atoms with Crippen LogP contribution in [-0.2, 0) is 0 Å². The number of nitrogens with zero attached hydrogens (tertiary/aromatic N) is 3. The van der Waals surface area contributed by atoms with Gasteiger partial charge in [0.05, 0.1) is 17.4 Å². The van der Waals surface area contributed by atoms with Gasteiger partial charge in [0, 0.05) is 31.6 Å². The fourth-order valence-electron chi connectivity index (χ4n) is 2.50. The molecule has 0 saturated carbocycles. The molecule has 5 nitrogen and oxygen atoms in total. The van der Waals surface area contributed by atoms with Crippen molar-refractivity contribution in [3.05, 3.63) is 40.2 Å². The first-order chi connectivity index (χ1) is 10.1. The molecule has 6 heteroatoms. The van der Waals surface area contributed by atoms with Crippen LogP contribution in [0.1, 0.15) is 15.9 Å². The van der Waals surface area contributed by atoms with E-state index in [9.17, 15) is 4.79 Å². The molecule has 21 heavy (non-hydrogen) atoms. The van der Waals surface area contributed by atoms with Gasteiger partial charge in [0.2, 0.25) is 0 Å². The Morgan fingerprint density at radius 2 is 2.00 bits per heavy atom. The Labute approximate surface area is 128 Å². The molecule has 0 radical (unpaired) electrons. The Bertz CT molecular complexity index is 629. The third-order valence-corrected chi connectivity index (χ3v) is 4.65. The molecule has 1 saturated heterocycles. The molecule has 1 aliphatic rings. The van der Waals surface area contributed by atoms with Gasteiger partial charge in [-0.2, -0.15) is 11.3 Å². The highest BCUT2D eigenvalue weighted by Gasteiger charge is 2.23. The number of pyridine rings is 1. The van der Waals surface area contributed by atoms with Crippen molar-refractivity contribution in [1.29, 1.82) is 0 Å². The van der Waals surface area contributed by atoms with Crippen LogP contribution in [0, 0.1) is 6.92 Å². The van der Waals surface area contributed by atoms with Gasteiger partial charge in [-0.15, -0.1) is 0 Å². The summed E-state index contributed by atoms with van der Waals surface area (Å²) in [6.07, 6.45) is 1.79. The van der Waals surface area contributed by atoms with Crippen LogP contribution in [0.3, 0.4) is 0 Å². The average molecular weight is 302 g/mol. The fourth-order valence-corrected chi connectivity index (χ4v) is 3.32. The number of nitrogen functional groups attached to an aromatic ring is 1. The Balaban J connectivity index is 1.64. The second-order valence-corrected chi connectivity index (χ2v) is 5.93. The molecule has 0 atom stereocenters. The first-order valence-electron chi connectivity index (χ1n) is 6.93. The molecule has 3 heterocycles. The largest absolute Gasteiger partial charge is 0.384 e. The van der Waals surface area contributed by atoms with Gasteiger partial charge in [0.25, 0.3) is 5.91 Å². The van der Waals surface area contributed by atoms with E-state index in [2.05, 4.69) is 9.88 Å². The first-order valence-corrected chi connectivity index (χ1v) is 7.88. The van der Waals surface area contributed by atoms with Gasteiger partial charge in [0.1, 0.15) is 5.82 Å². The highest BCUT2D eigenvalue weighted by atomic mass is 32.1. The fraction of sp³-hybridized carbons (Fsp3) is 0.333. The smallest absolute Gasteiger partial charge is 0.255 e. The third kappa shape index (κ3) is 2.85. The van der Waals surface area contributed by atoms with E-state index in [1.54, 1.807) is 17.5 Å². The number of anilines is 2. The van der Waals surface area contributed by atoms with Crippen LogP contribution in [0.5, 0.6) is 0 Å². The summed E-state index contributed by atoms with van der Waals surface area (Å²) in [5, 5.41) is 3.96. The van der Waals surface area contributed by atoms with Gasteiger partial charge >= 0.3 is 0 Å². The number of amides is 1. The standard InChI is InChI=1S/C15H18N4OS/c1-11-9-21-10-13(11)15(20)19-6-4-18(5-7-19)12-2-3-14(16)17-8-12/h2-3,8-10H,4-7H2,1H3,(H2,16,17). The van der Waals surface area contributed by atoms with E-state index in [0.717, 1.165) is 43.0 Å². The predicted octanol–water partition coefficient (Wildman–Crippen LogP) is 2.00. The number of rotatable bonds is 2. The Hall–Kier alpha value is -2.08. The summed E-state index contributed by atoms with van der Waals surface area (Å²) in [4.78, 5) is 20.7. The molecule has 0 aliphatic carbocycles. The van der Waals surface area contributed by atoms with E-state index in [4.69, 9.17) is 5.73 Å². The van der Waals surface area contributed by atoms with Crippen molar-refractivity contribution in [2.75, 3.05) is 36.8 Å². The lowest BCUT2D eigenvalue weighted by Crippen LogP contribution is -2.48. The molecule has 1 amide bonds. The zero-order chi connectivity index (χ0) is 14.8. The second kappa shape index (κ2) is 5.73. The highest BCUT2D eigenvalue weighted by Crippen LogP contribution is 2.19. The minimum atomic E-state index is 0.142. The lowest BCUT2D eigenvalue weighted by atomic mass is 10.2. The summed E-state index contributed by atoms with van der Waals surface area (Å²) in [7, 11) is 0. The van der Waals surface area contributed by atoms with E-state index in [0.29, 0.717) is 5.82 Å². The Kier molecular flexibility index (Phi) is 3.79. The minimum absolute atomic E-state index is 0.142. The average Bonchev–Trinajstić information content (AvgIpc) is 2.94. The lowest BCUT2D eigenvalue weighted by Gasteiger charge is -2.36. The minimum Gasteiger partial charge on any atom is -0.384 e. The monoisotopic (exact) mass is 302 g/mol. The van der Waals surface area contributed by atoms with E-state index in [1.165, 1.54) is 0 Å². The number of carbonyl (C=O) groups is 1. The van der Waals surface area contributed by atoms with Crippen molar-refractivity contribution in [2.45, 2.75) is 6.92 Å². The quantitative estimate of drug-likeness (QED) is 0.921. The number of aryl methyl sites for hydroxylation is 1. The number of hydrogen-bond donors (Lipinski definition) is 1. The summed E-state index contributed by atoms with van der Waals surface area (Å²) in [5.41, 5.74) is 8.56. The maximum atomic E-state index is 12.5. The van der Waals surface area contributed by atoms with Crippen molar-refractivity contribution < 1.29 is 4.79 Å². The van der Waals surface area contributed by atoms with Gasteiger partial charge in [-0.05, 0) is 30.0 Å². The van der Waals surface area contributed by atoms with Crippen LogP contribution < -0.4 is 10.6 Å². The molecule has 3 rings (SSSR count). The first kappa shape index (κ1) is 13.9. The highest BCUT2D eigenvalue weighted by molar-refractivity contribution is 7.08. The number of thiophene rings is 1. The summed E-state index contributed by atoms with van der Waals surface area (Å²) in [6.45, 7) is 5.10. The van der Waals surface area contributed by atoms with Gasteiger partial charge in [-0.25, -0.2) is 4.98 Å². The predicted molar refractivity (Wildman–Crippen MR) is 85.8 cm³/mol. The van der Waals surface area contributed by atoms with Crippen molar-refractivity contribution in [3.8, 4) is 0 Å². The zero-order valence-electron chi connectivity index (χ0n) is 12.0. The molecular weight excluding hydrogens is 284 g/mol. The maximum absolute atomic E-state index is 12.5. The molecule has 2 aromatic heterocycles. The second-order valence-electron chi connectivity index (χ2n) is 5.19. The normalized spacial score (nSPS) is 15.3. The van der Waals surface area contributed by atoms with E-state index < -0.39 is 0 Å². The van der Waals surface area contributed by atoms with Crippen LogP contribution in [0.2, 0.25) is 0 Å². The van der Waals surface area contributed by atoms with Gasteiger partial charge in [-0.1, -0.05) is 0 Å². The zero-order valence-corrected chi connectivity index (χ0v) is 12.8. The molecule has 0 bridgehead atoms. The SMILES string of the molecule is Cc1cscc1C(=O)N1CCN(c2ccc(N)nc2)CC1. The lowest BCUT2D eigenvalue weighted by molar-refractivity contribution is 0.0746. The molecular formula is C15H18N4OS. The van der Waals surface area contributed by atoms with Gasteiger partial charge in [-0.3, -0.25) is 4.79 Å². The number of hydrogen-bond acceptors (Lipinski definition) is 5. The molecule has 0 aromatic carbocycles. The van der Waals surface area contributed by atoms with Crippen molar-refractivity contribution in [2.24, 2.45) is 0 Å². The van der Waals surface area contributed by atoms with E-state index in [1.807, 2.05) is 34.7 Å². The summed E-state index contributed by atoms with van der Waals surface area (Å²) >= 11 is 1.58. The molecule has 110 valence electrons. The van der Waals surface area contributed by atoms with Gasteiger partial charge < -0.3 is 15.5 Å². The number of nitrogens with two attached hydrogens (primary N) is 1. The van der Waals surface area contributed by atoms with Gasteiger partial charge in [0.15, 0.2) is 0 Å². The van der Waals surface area contributed by atoms with Crippen molar-refractivity contribution in [1.82, 2.24) is 9.88 Å². The summed E-state index contributed by atoms with van der Waals surface area (Å²) in [5.74, 6) is 0.671. The number of aromatic nitrogens is 1. The Morgan fingerprint density at radius 3 is 2.57 bits per heavy atom. The van der Waals surface area contributed by atoms with Crippen molar-refractivity contribution in [3.63, 3.8) is 0 Å². The van der Waals surface area contributed by atoms with Crippen LogP contribution in [0.4, 0.5) is 11.5 Å². The summed E-state index contributed by atoms with van der Waals surface area (Å²) < 4.78 is 0. The van der Waals surface area contributed by atoms with Crippen molar-refractivity contribution >= 4 is 28.7 Å². The molecule has 2 N–H and O–H groups in total.